The Morgan fingerprint density at radius 1 is 1.34 bits per heavy atom. The number of rotatable bonds is 5. The van der Waals surface area contributed by atoms with Crippen molar-refractivity contribution >= 4 is 5.97 Å². The zero-order valence-corrected chi connectivity index (χ0v) is 18.1. The van der Waals surface area contributed by atoms with Gasteiger partial charge in [0.1, 0.15) is 24.2 Å². The molecule has 0 radical (unpaired) electrons. The van der Waals surface area contributed by atoms with Crippen molar-refractivity contribution in [2.24, 2.45) is 23.2 Å². The lowest BCUT2D eigenvalue weighted by molar-refractivity contribution is -0.911. The van der Waals surface area contributed by atoms with Gasteiger partial charge in [0, 0.05) is 5.92 Å². The fourth-order valence-electron chi connectivity index (χ4n) is 6.23. The van der Waals surface area contributed by atoms with Crippen LogP contribution in [0.3, 0.4) is 0 Å². The van der Waals surface area contributed by atoms with Crippen molar-refractivity contribution in [2.45, 2.75) is 64.2 Å². The van der Waals surface area contributed by atoms with Gasteiger partial charge in [0.2, 0.25) is 0 Å². The van der Waals surface area contributed by atoms with Crippen molar-refractivity contribution < 1.29 is 19.5 Å². The van der Waals surface area contributed by atoms with E-state index in [0.29, 0.717) is 12.5 Å². The molecule has 2 aliphatic carbocycles. The second-order valence-electron chi connectivity index (χ2n) is 10.1. The maximum Gasteiger partial charge on any atom is 0.315 e. The molecule has 1 heterocycles. The summed E-state index contributed by atoms with van der Waals surface area (Å²) in [7, 11) is 2.09. The number of carbonyl (C=O) groups excluding carboxylic acids is 1. The average molecular weight is 399 g/mol. The van der Waals surface area contributed by atoms with Crippen molar-refractivity contribution in [3.63, 3.8) is 0 Å². The minimum atomic E-state index is -0.544. The number of hydrogen-bond acceptors (Lipinski definition) is 3. The summed E-state index contributed by atoms with van der Waals surface area (Å²) >= 11 is 0. The Labute approximate surface area is 174 Å². The molecule has 8 atom stereocenters. The zero-order valence-electron chi connectivity index (χ0n) is 18.1. The third-order valence-electron chi connectivity index (χ3n) is 8.25. The molecule has 0 spiro atoms. The highest BCUT2D eigenvalue weighted by Crippen LogP contribution is 2.56. The topological polar surface area (TPSA) is 51.0 Å². The van der Waals surface area contributed by atoms with Crippen molar-refractivity contribution in [3.8, 4) is 0 Å². The zero-order chi connectivity index (χ0) is 20.8. The van der Waals surface area contributed by atoms with Crippen LogP contribution in [-0.4, -0.2) is 36.8 Å². The molecule has 29 heavy (non-hydrogen) atoms. The molecule has 2 N–H and O–H groups in total. The number of quaternary nitrogens is 1. The lowest BCUT2D eigenvalue weighted by Crippen LogP contribution is -3.14. The van der Waals surface area contributed by atoms with E-state index in [4.69, 9.17) is 4.74 Å². The Morgan fingerprint density at radius 3 is 2.79 bits per heavy atom. The van der Waals surface area contributed by atoms with Crippen LogP contribution in [-0.2, 0) is 9.53 Å². The second-order valence-corrected chi connectivity index (χ2v) is 10.1. The van der Waals surface area contributed by atoms with Gasteiger partial charge in [-0.2, -0.15) is 0 Å². The van der Waals surface area contributed by atoms with Gasteiger partial charge in [-0.05, 0) is 55.9 Å². The summed E-state index contributed by atoms with van der Waals surface area (Å²) in [6.45, 7) is 9.52. The molecule has 158 valence electrons. The van der Waals surface area contributed by atoms with Gasteiger partial charge in [-0.1, -0.05) is 49.4 Å². The monoisotopic (exact) mass is 398 g/mol. The van der Waals surface area contributed by atoms with Gasteiger partial charge in [-0.3, -0.25) is 4.79 Å². The standard InChI is InChI=1S/C25H35NO3/c1-16-9-8-12-25(3)14-22-19(13-21(16)25)20(24(28)29-22)15-26(4)17(2)23(27)18-10-6-5-7-11-18/h5-7,10-11,17,19-23,27H,1,8-9,12-15H2,2-4H3/p+1/t17-,19+,20+,21+,22+,23+,25+/m0/s1. The molecular formula is C25H36NO3+. The molecule has 3 fully saturated rings. The van der Waals surface area contributed by atoms with Crippen LogP contribution < -0.4 is 4.90 Å². The number of nitrogens with one attached hydrogen (secondary N) is 1. The van der Waals surface area contributed by atoms with E-state index < -0.39 is 6.10 Å². The van der Waals surface area contributed by atoms with Crippen molar-refractivity contribution in [1.82, 2.24) is 0 Å². The molecule has 4 nitrogen and oxygen atoms in total. The van der Waals surface area contributed by atoms with Gasteiger partial charge < -0.3 is 14.7 Å². The second kappa shape index (κ2) is 7.88. The van der Waals surface area contributed by atoms with Crippen LogP contribution in [0.5, 0.6) is 0 Å². The maximum absolute atomic E-state index is 12.8. The van der Waals surface area contributed by atoms with Crippen molar-refractivity contribution in [2.75, 3.05) is 13.6 Å². The number of esters is 1. The molecule has 1 aromatic carbocycles. The SMILES string of the molecule is C=C1CCC[C@]2(C)C[C@H]3OC(=O)[C@H](C[NH+](C)[C@@H](C)[C@@H](O)c4ccccc4)[C@H]3C[C@H]12. The first kappa shape index (κ1) is 20.6. The minimum absolute atomic E-state index is 0.00255. The average Bonchev–Trinajstić information content (AvgIpc) is 2.99. The third kappa shape index (κ3) is 3.77. The Morgan fingerprint density at radius 2 is 2.07 bits per heavy atom. The number of allylic oxidation sites excluding steroid dienone is 1. The number of benzene rings is 1. The van der Waals surface area contributed by atoms with Crippen LogP contribution in [0.1, 0.15) is 57.6 Å². The molecule has 4 rings (SSSR count). The van der Waals surface area contributed by atoms with E-state index in [-0.39, 0.29) is 35.4 Å². The number of aliphatic hydroxyl groups is 1. The van der Waals surface area contributed by atoms with Gasteiger partial charge >= 0.3 is 5.97 Å². The number of ether oxygens (including phenoxy) is 1. The quantitative estimate of drug-likeness (QED) is 0.592. The van der Waals surface area contributed by atoms with E-state index in [0.717, 1.165) is 24.8 Å². The maximum atomic E-state index is 12.8. The van der Waals surface area contributed by atoms with Crippen LogP contribution in [0.4, 0.5) is 0 Å². The summed E-state index contributed by atoms with van der Waals surface area (Å²) in [6, 6.07) is 9.80. The summed E-state index contributed by atoms with van der Waals surface area (Å²) < 4.78 is 5.91. The lowest BCUT2D eigenvalue weighted by atomic mass is 9.55. The fraction of sp³-hybridized carbons (Fsp3) is 0.640. The molecule has 1 aliphatic heterocycles. The predicted octanol–water partition coefficient (Wildman–Crippen LogP) is 2.94. The minimum Gasteiger partial charge on any atom is -0.462 e. The number of carbonyl (C=O) groups is 1. The molecular weight excluding hydrogens is 362 g/mol. The summed E-state index contributed by atoms with van der Waals surface area (Å²) in [5, 5.41) is 10.8. The van der Waals surface area contributed by atoms with E-state index >= 15 is 0 Å². The molecule has 4 heteroatoms. The number of aliphatic hydroxyl groups excluding tert-OH is 1. The summed E-state index contributed by atoms with van der Waals surface area (Å²) in [5.74, 6) is 0.687. The Bertz CT molecular complexity index is 763. The Hall–Kier alpha value is -1.65. The van der Waals surface area contributed by atoms with Crippen LogP contribution >= 0.6 is 0 Å². The first-order valence-corrected chi connectivity index (χ1v) is 11.2. The molecule has 1 unspecified atom stereocenters. The van der Waals surface area contributed by atoms with Crippen LogP contribution in [0.15, 0.2) is 42.5 Å². The van der Waals surface area contributed by atoms with Crippen LogP contribution in [0.2, 0.25) is 0 Å². The normalized spacial score (nSPS) is 37.2. The molecule has 1 saturated heterocycles. The van der Waals surface area contributed by atoms with Gasteiger partial charge in [0.25, 0.3) is 0 Å². The fourth-order valence-corrected chi connectivity index (χ4v) is 6.23. The van der Waals surface area contributed by atoms with Crippen LogP contribution in [0.25, 0.3) is 0 Å². The summed E-state index contributed by atoms with van der Waals surface area (Å²) in [4.78, 5) is 14.0. The number of hydrogen-bond donors (Lipinski definition) is 2. The summed E-state index contributed by atoms with van der Waals surface area (Å²) in [5.41, 5.74) is 2.54. The highest BCUT2D eigenvalue weighted by Gasteiger charge is 2.56. The van der Waals surface area contributed by atoms with Gasteiger partial charge in [0.15, 0.2) is 0 Å². The lowest BCUT2D eigenvalue weighted by Gasteiger charge is -2.50. The summed E-state index contributed by atoms with van der Waals surface area (Å²) in [6.07, 6.45) is 5.07. The molecule has 0 bridgehead atoms. The first-order chi connectivity index (χ1) is 13.8. The Balaban J connectivity index is 1.46. The van der Waals surface area contributed by atoms with E-state index in [9.17, 15) is 9.90 Å². The van der Waals surface area contributed by atoms with E-state index in [1.54, 1.807) is 0 Å². The van der Waals surface area contributed by atoms with E-state index in [2.05, 4.69) is 27.5 Å². The van der Waals surface area contributed by atoms with Crippen LogP contribution in [0, 0.1) is 23.2 Å². The Kier molecular flexibility index (Phi) is 5.60. The molecule has 0 aromatic heterocycles. The van der Waals surface area contributed by atoms with Gasteiger partial charge in [0.05, 0.1) is 13.6 Å². The first-order valence-electron chi connectivity index (χ1n) is 11.2. The predicted molar refractivity (Wildman–Crippen MR) is 113 cm³/mol. The largest absolute Gasteiger partial charge is 0.462 e. The number of fused-ring (bicyclic) bond motifs is 2. The molecule has 0 amide bonds. The highest BCUT2D eigenvalue weighted by atomic mass is 16.6. The third-order valence-corrected chi connectivity index (χ3v) is 8.25. The molecule has 1 aromatic rings. The van der Waals surface area contributed by atoms with Crippen molar-refractivity contribution in [1.29, 1.82) is 0 Å². The van der Waals surface area contributed by atoms with Crippen molar-refractivity contribution in [3.05, 3.63) is 48.0 Å². The number of likely N-dealkylation sites (N-methyl/N-ethyl adjacent to an activating group) is 1. The van der Waals surface area contributed by atoms with Gasteiger partial charge in [-0.15, -0.1) is 0 Å². The van der Waals surface area contributed by atoms with E-state index in [1.807, 2.05) is 30.3 Å². The molecule has 3 aliphatic rings. The smallest absolute Gasteiger partial charge is 0.315 e. The van der Waals surface area contributed by atoms with E-state index in [1.165, 1.54) is 23.3 Å². The molecule has 2 saturated carbocycles. The van der Waals surface area contributed by atoms with Gasteiger partial charge in [-0.25, -0.2) is 0 Å². The highest BCUT2D eigenvalue weighted by molar-refractivity contribution is 5.75.